The first-order chi connectivity index (χ1) is 10.9. The molecule has 0 saturated carbocycles. The Kier molecular flexibility index (Phi) is 4.11. The zero-order valence-corrected chi connectivity index (χ0v) is 14.9. The number of fused-ring (bicyclic) bond motifs is 1. The van der Waals surface area contributed by atoms with E-state index in [4.69, 9.17) is 4.74 Å². The Hall–Kier alpha value is -1.93. The summed E-state index contributed by atoms with van der Waals surface area (Å²) in [5.74, 6) is 0.467. The van der Waals surface area contributed by atoms with Crippen LogP contribution in [0, 0.1) is 6.92 Å². The number of aryl methyl sites for hydroxylation is 1. The van der Waals surface area contributed by atoms with Crippen molar-refractivity contribution in [1.82, 2.24) is 14.4 Å². The van der Waals surface area contributed by atoms with Gasteiger partial charge < -0.3 is 4.74 Å². The number of hydrogen-bond donors (Lipinski definition) is 0. The Morgan fingerprint density at radius 2 is 2.00 bits per heavy atom. The SMILES string of the molecule is CCOc1cc(S(=O)(=O)n2nnc3cc(C)ccc32)ccc1Br. The summed E-state index contributed by atoms with van der Waals surface area (Å²) in [6.07, 6.45) is 0. The average molecular weight is 396 g/mol. The first-order valence-electron chi connectivity index (χ1n) is 6.93. The minimum Gasteiger partial charge on any atom is -0.493 e. The molecule has 0 radical (unpaired) electrons. The van der Waals surface area contributed by atoms with E-state index in [0.29, 0.717) is 27.9 Å². The standard InChI is InChI=1S/C15H14BrN3O3S/c1-3-22-15-9-11(5-6-12(15)16)23(20,21)19-14-7-4-10(2)8-13(14)17-18-19/h4-9H,3H2,1-2H3. The van der Waals surface area contributed by atoms with Crippen molar-refractivity contribution in [2.24, 2.45) is 0 Å². The van der Waals surface area contributed by atoms with Gasteiger partial charge in [-0.3, -0.25) is 0 Å². The molecule has 0 atom stereocenters. The summed E-state index contributed by atoms with van der Waals surface area (Å²) in [5, 5.41) is 7.75. The maximum atomic E-state index is 12.9. The van der Waals surface area contributed by atoms with Gasteiger partial charge in [0.2, 0.25) is 0 Å². The summed E-state index contributed by atoms with van der Waals surface area (Å²) in [6, 6.07) is 9.94. The van der Waals surface area contributed by atoms with E-state index >= 15 is 0 Å². The third-order valence-electron chi connectivity index (χ3n) is 3.30. The van der Waals surface area contributed by atoms with Crippen molar-refractivity contribution in [2.75, 3.05) is 6.61 Å². The van der Waals surface area contributed by atoms with Crippen LogP contribution in [0.1, 0.15) is 12.5 Å². The second-order valence-electron chi connectivity index (χ2n) is 4.95. The Bertz CT molecular complexity index is 983. The molecule has 0 bridgehead atoms. The lowest BCUT2D eigenvalue weighted by Crippen LogP contribution is -2.15. The number of nitrogens with zero attached hydrogens (tertiary/aromatic N) is 3. The molecule has 0 N–H and O–H groups in total. The lowest BCUT2D eigenvalue weighted by molar-refractivity contribution is 0.337. The number of benzene rings is 2. The van der Waals surface area contributed by atoms with Crippen molar-refractivity contribution >= 4 is 37.0 Å². The first kappa shape index (κ1) is 15.9. The number of hydrogen-bond acceptors (Lipinski definition) is 5. The van der Waals surface area contributed by atoms with Gasteiger partial charge in [0.15, 0.2) is 0 Å². The van der Waals surface area contributed by atoms with Crippen LogP contribution in [-0.2, 0) is 10.0 Å². The molecule has 0 amide bonds. The van der Waals surface area contributed by atoms with Crippen LogP contribution < -0.4 is 4.74 Å². The van der Waals surface area contributed by atoms with Gasteiger partial charge in [-0.15, -0.1) is 9.19 Å². The molecule has 0 saturated heterocycles. The van der Waals surface area contributed by atoms with Gasteiger partial charge in [-0.25, -0.2) is 0 Å². The molecule has 6 nitrogen and oxygen atoms in total. The number of rotatable bonds is 4. The molecular formula is C15H14BrN3O3S. The lowest BCUT2D eigenvalue weighted by atomic mass is 10.2. The molecule has 0 fully saturated rings. The quantitative estimate of drug-likeness (QED) is 0.678. The third kappa shape index (κ3) is 2.84. The molecule has 0 aliphatic heterocycles. The van der Waals surface area contributed by atoms with E-state index < -0.39 is 10.0 Å². The van der Waals surface area contributed by atoms with Gasteiger partial charge in [-0.05, 0) is 59.6 Å². The van der Waals surface area contributed by atoms with Crippen molar-refractivity contribution in [2.45, 2.75) is 18.7 Å². The molecule has 23 heavy (non-hydrogen) atoms. The van der Waals surface area contributed by atoms with Crippen molar-refractivity contribution in [3.05, 3.63) is 46.4 Å². The molecule has 0 spiro atoms. The molecule has 3 rings (SSSR count). The van der Waals surface area contributed by atoms with Crippen molar-refractivity contribution in [3.63, 3.8) is 0 Å². The van der Waals surface area contributed by atoms with Crippen LogP contribution in [-0.4, -0.2) is 29.4 Å². The number of ether oxygens (including phenoxy) is 1. The highest BCUT2D eigenvalue weighted by molar-refractivity contribution is 9.10. The number of halogens is 1. The molecule has 2 aromatic carbocycles. The Morgan fingerprint density at radius 1 is 1.22 bits per heavy atom. The molecular weight excluding hydrogens is 382 g/mol. The van der Waals surface area contributed by atoms with Crippen LogP contribution in [0.25, 0.3) is 11.0 Å². The second kappa shape index (κ2) is 5.93. The summed E-state index contributed by atoms with van der Waals surface area (Å²) >= 11 is 3.34. The third-order valence-corrected chi connectivity index (χ3v) is 5.53. The molecule has 0 unspecified atom stereocenters. The van der Waals surface area contributed by atoms with Gasteiger partial charge in [0.25, 0.3) is 10.0 Å². The van der Waals surface area contributed by atoms with E-state index in [1.807, 2.05) is 19.9 Å². The largest absolute Gasteiger partial charge is 0.493 e. The van der Waals surface area contributed by atoms with Crippen LogP contribution in [0.5, 0.6) is 5.75 Å². The van der Waals surface area contributed by atoms with Gasteiger partial charge in [-0.1, -0.05) is 11.3 Å². The molecule has 120 valence electrons. The van der Waals surface area contributed by atoms with E-state index in [2.05, 4.69) is 26.2 Å². The summed E-state index contributed by atoms with van der Waals surface area (Å²) < 4.78 is 32.8. The van der Waals surface area contributed by atoms with E-state index in [-0.39, 0.29) is 4.90 Å². The fourth-order valence-electron chi connectivity index (χ4n) is 2.20. The predicted molar refractivity (Wildman–Crippen MR) is 90.2 cm³/mol. The first-order valence-corrected chi connectivity index (χ1v) is 9.17. The van der Waals surface area contributed by atoms with Gasteiger partial charge in [0, 0.05) is 6.07 Å². The second-order valence-corrected chi connectivity index (χ2v) is 7.58. The van der Waals surface area contributed by atoms with Gasteiger partial charge in [-0.2, -0.15) is 8.42 Å². The van der Waals surface area contributed by atoms with E-state index in [1.54, 1.807) is 18.2 Å². The maximum absolute atomic E-state index is 12.9. The van der Waals surface area contributed by atoms with Crippen LogP contribution in [0.4, 0.5) is 0 Å². The van der Waals surface area contributed by atoms with Crippen LogP contribution in [0.3, 0.4) is 0 Å². The molecule has 1 aromatic heterocycles. The summed E-state index contributed by atoms with van der Waals surface area (Å²) in [4.78, 5) is 0.0940. The normalized spacial score (nSPS) is 11.8. The van der Waals surface area contributed by atoms with E-state index in [9.17, 15) is 8.42 Å². The zero-order chi connectivity index (χ0) is 16.6. The Labute approximate surface area is 142 Å². The molecule has 0 aliphatic carbocycles. The maximum Gasteiger partial charge on any atom is 0.285 e. The van der Waals surface area contributed by atoms with Gasteiger partial charge in [0.05, 0.1) is 16.0 Å². The zero-order valence-electron chi connectivity index (χ0n) is 12.5. The predicted octanol–water partition coefficient (Wildman–Crippen LogP) is 3.14. The van der Waals surface area contributed by atoms with Crippen molar-refractivity contribution < 1.29 is 13.2 Å². The van der Waals surface area contributed by atoms with E-state index in [0.717, 1.165) is 9.65 Å². The summed E-state index contributed by atoms with van der Waals surface area (Å²) in [7, 11) is -3.85. The molecule has 8 heteroatoms. The van der Waals surface area contributed by atoms with Crippen LogP contribution >= 0.6 is 15.9 Å². The molecule has 1 heterocycles. The highest BCUT2D eigenvalue weighted by Crippen LogP contribution is 2.29. The smallest absolute Gasteiger partial charge is 0.285 e. The monoisotopic (exact) mass is 395 g/mol. The van der Waals surface area contributed by atoms with Crippen molar-refractivity contribution in [3.8, 4) is 5.75 Å². The number of aromatic nitrogens is 3. The molecule has 3 aromatic rings. The summed E-state index contributed by atoms with van der Waals surface area (Å²) in [5.41, 5.74) is 1.97. The average Bonchev–Trinajstić information content (AvgIpc) is 2.93. The van der Waals surface area contributed by atoms with Crippen LogP contribution in [0.2, 0.25) is 0 Å². The minimum atomic E-state index is -3.85. The highest BCUT2D eigenvalue weighted by atomic mass is 79.9. The summed E-state index contributed by atoms with van der Waals surface area (Å²) in [6.45, 7) is 4.19. The molecule has 0 aliphatic rings. The Balaban J connectivity index is 2.15. The van der Waals surface area contributed by atoms with E-state index in [1.165, 1.54) is 12.1 Å². The topological polar surface area (TPSA) is 74.1 Å². The lowest BCUT2D eigenvalue weighted by Gasteiger charge is -2.09. The van der Waals surface area contributed by atoms with Gasteiger partial charge in [0.1, 0.15) is 16.8 Å². The fraction of sp³-hybridized carbons (Fsp3) is 0.200. The Morgan fingerprint density at radius 3 is 2.74 bits per heavy atom. The van der Waals surface area contributed by atoms with Crippen molar-refractivity contribution in [1.29, 1.82) is 0 Å². The minimum absolute atomic E-state index is 0.0940. The van der Waals surface area contributed by atoms with Gasteiger partial charge >= 0.3 is 0 Å². The van der Waals surface area contributed by atoms with Crippen LogP contribution in [0.15, 0.2) is 45.8 Å². The highest BCUT2D eigenvalue weighted by Gasteiger charge is 2.22. The fourth-order valence-corrected chi connectivity index (χ4v) is 3.80.